The first-order valence-electron chi connectivity index (χ1n) is 8.84. The minimum atomic E-state index is -0.255. The summed E-state index contributed by atoms with van der Waals surface area (Å²) in [6.07, 6.45) is 2.60. The van der Waals surface area contributed by atoms with Crippen LogP contribution in [0, 0.1) is 5.82 Å². The predicted octanol–water partition coefficient (Wildman–Crippen LogP) is 3.29. The standard InChI is InChI=1S/C19H21FN4OS/c20-14-4-5-17-15(13-14)16(6-12-26-17)22-19(25)24-10-8-23(9-11-24)18-3-1-2-7-21-18/h1-5,7,13,16H,6,8-12H2,(H,22,25). The SMILES string of the molecule is O=C(NC1CCSc2ccc(F)cc21)N1CCN(c2ccccn2)CC1. The number of carbonyl (C=O) groups is 1. The second-order valence-corrected chi connectivity index (χ2v) is 7.62. The van der Waals surface area contributed by atoms with Gasteiger partial charge in [-0.05, 0) is 42.3 Å². The topological polar surface area (TPSA) is 48.5 Å². The molecule has 1 saturated heterocycles. The highest BCUT2D eigenvalue weighted by molar-refractivity contribution is 7.99. The van der Waals surface area contributed by atoms with Crippen LogP contribution in [-0.2, 0) is 0 Å². The Hall–Kier alpha value is -2.28. The summed E-state index contributed by atoms with van der Waals surface area (Å²) in [6.45, 7) is 2.83. The monoisotopic (exact) mass is 372 g/mol. The average Bonchev–Trinajstić information content (AvgIpc) is 2.69. The molecule has 136 valence electrons. The van der Waals surface area contributed by atoms with Crippen molar-refractivity contribution in [1.82, 2.24) is 15.2 Å². The third kappa shape index (κ3) is 3.62. The number of thioether (sulfide) groups is 1. The molecule has 0 radical (unpaired) electrons. The maximum atomic E-state index is 13.6. The summed E-state index contributed by atoms with van der Waals surface area (Å²) in [5, 5.41) is 3.10. The van der Waals surface area contributed by atoms with E-state index in [4.69, 9.17) is 0 Å². The van der Waals surface area contributed by atoms with E-state index in [-0.39, 0.29) is 17.9 Å². The van der Waals surface area contributed by atoms with Crippen LogP contribution < -0.4 is 10.2 Å². The van der Waals surface area contributed by atoms with Crippen molar-refractivity contribution in [3.8, 4) is 0 Å². The van der Waals surface area contributed by atoms with Gasteiger partial charge in [-0.3, -0.25) is 0 Å². The number of rotatable bonds is 2. The number of hydrogen-bond donors (Lipinski definition) is 1. The minimum Gasteiger partial charge on any atom is -0.353 e. The van der Waals surface area contributed by atoms with Gasteiger partial charge in [-0.2, -0.15) is 0 Å². The molecule has 5 nitrogen and oxygen atoms in total. The molecule has 7 heteroatoms. The van der Waals surface area contributed by atoms with E-state index in [1.54, 1.807) is 30.1 Å². The number of fused-ring (bicyclic) bond motifs is 1. The number of urea groups is 1. The summed E-state index contributed by atoms with van der Waals surface area (Å²) in [5.74, 6) is 1.62. The zero-order chi connectivity index (χ0) is 17.9. The van der Waals surface area contributed by atoms with Gasteiger partial charge in [0, 0.05) is 43.0 Å². The van der Waals surface area contributed by atoms with Crippen molar-refractivity contribution in [1.29, 1.82) is 0 Å². The van der Waals surface area contributed by atoms with Gasteiger partial charge < -0.3 is 15.1 Å². The van der Waals surface area contributed by atoms with E-state index in [0.29, 0.717) is 13.1 Å². The molecule has 2 aliphatic heterocycles. The van der Waals surface area contributed by atoms with E-state index in [0.717, 1.165) is 41.5 Å². The van der Waals surface area contributed by atoms with Crippen molar-refractivity contribution in [3.05, 3.63) is 54.0 Å². The molecule has 0 spiro atoms. The van der Waals surface area contributed by atoms with E-state index in [1.165, 1.54) is 6.07 Å². The molecule has 0 aliphatic carbocycles. The van der Waals surface area contributed by atoms with Gasteiger partial charge in [-0.25, -0.2) is 14.2 Å². The number of aromatic nitrogens is 1. The first kappa shape index (κ1) is 17.1. The lowest BCUT2D eigenvalue weighted by Crippen LogP contribution is -2.52. The highest BCUT2D eigenvalue weighted by Gasteiger charge is 2.27. The lowest BCUT2D eigenvalue weighted by atomic mass is 10.0. The first-order chi connectivity index (χ1) is 12.7. The number of amides is 2. The lowest BCUT2D eigenvalue weighted by Gasteiger charge is -2.36. The summed E-state index contributed by atoms with van der Waals surface area (Å²) in [6, 6.07) is 10.5. The molecule has 1 fully saturated rings. The fourth-order valence-corrected chi connectivity index (χ4v) is 4.54. The Morgan fingerprint density at radius 2 is 2.04 bits per heavy atom. The number of pyridine rings is 1. The van der Waals surface area contributed by atoms with Crippen LogP contribution in [0.5, 0.6) is 0 Å². The quantitative estimate of drug-likeness (QED) is 0.879. The Morgan fingerprint density at radius 3 is 2.81 bits per heavy atom. The molecule has 4 rings (SSSR count). The van der Waals surface area contributed by atoms with Gasteiger partial charge in [0.15, 0.2) is 0 Å². The largest absolute Gasteiger partial charge is 0.353 e. The molecule has 26 heavy (non-hydrogen) atoms. The molecule has 1 aromatic carbocycles. The van der Waals surface area contributed by atoms with Gasteiger partial charge in [0.25, 0.3) is 0 Å². The molecule has 0 saturated carbocycles. The van der Waals surface area contributed by atoms with Gasteiger partial charge in [-0.15, -0.1) is 11.8 Å². The third-order valence-electron chi connectivity index (χ3n) is 4.85. The highest BCUT2D eigenvalue weighted by Crippen LogP contribution is 2.36. The number of halogens is 1. The van der Waals surface area contributed by atoms with Crippen molar-refractivity contribution in [2.24, 2.45) is 0 Å². The molecule has 2 amide bonds. The maximum absolute atomic E-state index is 13.6. The first-order valence-corrected chi connectivity index (χ1v) is 9.83. The van der Waals surface area contributed by atoms with Crippen LogP contribution in [0.2, 0.25) is 0 Å². The molecular weight excluding hydrogens is 351 g/mol. The van der Waals surface area contributed by atoms with Crippen molar-refractivity contribution < 1.29 is 9.18 Å². The van der Waals surface area contributed by atoms with Gasteiger partial charge in [0.2, 0.25) is 0 Å². The summed E-state index contributed by atoms with van der Waals surface area (Å²) >= 11 is 1.72. The van der Waals surface area contributed by atoms with E-state index >= 15 is 0 Å². The van der Waals surface area contributed by atoms with Crippen LogP contribution in [0.15, 0.2) is 47.5 Å². The van der Waals surface area contributed by atoms with Crippen LogP contribution in [0.4, 0.5) is 15.0 Å². The Bertz CT molecular complexity index is 780. The summed E-state index contributed by atoms with van der Waals surface area (Å²) < 4.78 is 13.6. The average molecular weight is 372 g/mol. The number of nitrogens with zero attached hydrogens (tertiary/aromatic N) is 3. The highest BCUT2D eigenvalue weighted by atomic mass is 32.2. The van der Waals surface area contributed by atoms with Crippen LogP contribution in [0.25, 0.3) is 0 Å². The van der Waals surface area contributed by atoms with Crippen LogP contribution in [0.3, 0.4) is 0 Å². The molecule has 1 N–H and O–H groups in total. The molecule has 3 heterocycles. The summed E-state index contributed by atoms with van der Waals surface area (Å²) in [7, 11) is 0. The normalized spacial score (nSPS) is 19.8. The number of piperazine rings is 1. The van der Waals surface area contributed by atoms with E-state index in [9.17, 15) is 9.18 Å². The molecule has 0 bridgehead atoms. The number of carbonyl (C=O) groups excluding carboxylic acids is 1. The van der Waals surface area contributed by atoms with Gasteiger partial charge in [-0.1, -0.05) is 6.07 Å². The number of nitrogens with one attached hydrogen (secondary N) is 1. The fraction of sp³-hybridized carbons (Fsp3) is 0.368. The Kier molecular flexibility index (Phi) is 4.97. The number of anilines is 1. The van der Waals surface area contributed by atoms with E-state index in [2.05, 4.69) is 15.2 Å². The van der Waals surface area contributed by atoms with Crippen molar-refractivity contribution in [2.75, 3.05) is 36.8 Å². The van der Waals surface area contributed by atoms with Crippen molar-refractivity contribution in [3.63, 3.8) is 0 Å². The van der Waals surface area contributed by atoms with Crippen LogP contribution >= 0.6 is 11.8 Å². The second-order valence-electron chi connectivity index (χ2n) is 6.48. The Morgan fingerprint density at radius 1 is 1.19 bits per heavy atom. The predicted molar refractivity (Wildman–Crippen MR) is 101 cm³/mol. The van der Waals surface area contributed by atoms with Gasteiger partial charge >= 0.3 is 6.03 Å². The van der Waals surface area contributed by atoms with Gasteiger partial charge in [0.05, 0.1) is 6.04 Å². The van der Waals surface area contributed by atoms with Crippen molar-refractivity contribution >= 4 is 23.6 Å². The minimum absolute atomic E-state index is 0.0715. The van der Waals surface area contributed by atoms with Crippen molar-refractivity contribution in [2.45, 2.75) is 17.4 Å². The number of hydrogen-bond acceptors (Lipinski definition) is 4. The van der Waals surface area contributed by atoms with Crippen LogP contribution in [0.1, 0.15) is 18.0 Å². The van der Waals surface area contributed by atoms with Gasteiger partial charge in [0.1, 0.15) is 11.6 Å². The number of benzene rings is 1. The smallest absolute Gasteiger partial charge is 0.318 e. The Labute approximate surface area is 156 Å². The molecule has 1 unspecified atom stereocenters. The lowest BCUT2D eigenvalue weighted by molar-refractivity contribution is 0.189. The third-order valence-corrected chi connectivity index (χ3v) is 5.97. The molecule has 2 aliphatic rings. The molecular formula is C19H21FN4OS. The zero-order valence-corrected chi connectivity index (χ0v) is 15.2. The van der Waals surface area contributed by atoms with Crippen LogP contribution in [-0.4, -0.2) is 47.8 Å². The summed E-state index contributed by atoms with van der Waals surface area (Å²) in [5.41, 5.74) is 0.890. The zero-order valence-electron chi connectivity index (χ0n) is 14.4. The molecule has 1 aromatic heterocycles. The molecule has 2 aromatic rings. The van der Waals surface area contributed by atoms with E-state index in [1.807, 2.05) is 23.1 Å². The maximum Gasteiger partial charge on any atom is 0.318 e. The Balaban J connectivity index is 1.37. The second kappa shape index (κ2) is 7.53. The summed E-state index contributed by atoms with van der Waals surface area (Å²) in [4.78, 5) is 22.1. The van der Waals surface area contributed by atoms with E-state index < -0.39 is 0 Å². The molecule has 1 atom stereocenters. The fourth-order valence-electron chi connectivity index (χ4n) is 3.44.